The number of pyridine rings is 1. The van der Waals surface area contributed by atoms with Crippen molar-refractivity contribution in [2.24, 2.45) is 5.41 Å². The van der Waals surface area contributed by atoms with Crippen LogP contribution in [-0.4, -0.2) is 23.2 Å². The summed E-state index contributed by atoms with van der Waals surface area (Å²) in [7, 11) is 0. The second-order valence-corrected chi connectivity index (χ2v) is 4.33. The first-order valence-electron chi connectivity index (χ1n) is 5.29. The number of aliphatic hydroxyl groups is 1. The largest absolute Gasteiger partial charge is 0.397 e. The number of nitrogens with zero attached hydrogens (tertiary/aromatic N) is 1. The van der Waals surface area contributed by atoms with Crippen LogP contribution in [-0.2, 0) is 0 Å². The number of aliphatic hydroxyl groups excluding tert-OH is 1. The van der Waals surface area contributed by atoms with Crippen LogP contribution >= 0.6 is 0 Å². The molecule has 1 fully saturated rings. The van der Waals surface area contributed by atoms with Crippen LogP contribution in [0.2, 0.25) is 0 Å². The molecule has 0 atom stereocenters. The monoisotopic (exact) mass is 207 g/mol. The van der Waals surface area contributed by atoms with Gasteiger partial charge in [-0.25, -0.2) is 0 Å². The van der Waals surface area contributed by atoms with Gasteiger partial charge in [-0.15, -0.1) is 0 Å². The molecule has 1 aliphatic carbocycles. The van der Waals surface area contributed by atoms with Crippen LogP contribution < -0.4 is 11.1 Å². The van der Waals surface area contributed by atoms with E-state index in [2.05, 4.69) is 10.3 Å². The lowest BCUT2D eigenvalue weighted by molar-refractivity contribution is 0.253. The van der Waals surface area contributed by atoms with Gasteiger partial charge in [0.2, 0.25) is 0 Å². The lowest BCUT2D eigenvalue weighted by atomic mass is 10.0. The Labute approximate surface area is 89.5 Å². The van der Waals surface area contributed by atoms with Crippen LogP contribution in [0.5, 0.6) is 0 Å². The Hall–Kier alpha value is -1.29. The highest BCUT2D eigenvalue weighted by Gasteiger charge is 2.41. The smallest absolute Gasteiger partial charge is 0.0547 e. The number of nitrogens with two attached hydrogens (primary N) is 1. The van der Waals surface area contributed by atoms with Crippen molar-refractivity contribution in [3.05, 3.63) is 18.5 Å². The highest BCUT2D eigenvalue weighted by atomic mass is 16.3. The van der Waals surface area contributed by atoms with Gasteiger partial charge in [0.05, 0.1) is 17.6 Å². The molecule has 0 amide bonds. The van der Waals surface area contributed by atoms with Crippen LogP contribution in [0.3, 0.4) is 0 Å². The van der Waals surface area contributed by atoms with Crippen LogP contribution in [0.15, 0.2) is 18.5 Å². The minimum absolute atomic E-state index is 0.275. The van der Waals surface area contributed by atoms with Crippen molar-refractivity contribution in [1.29, 1.82) is 0 Å². The fraction of sp³-hybridized carbons (Fsp3) is 0.545. The molecule has 1 aromatic heterocycles. The Morgan fingerprint density at radius 3 is 2.87 bits per heavy atom. The van der Waals surface area contributed by atoms with Crippen molar-refractivity contribution in [2.75, 3.05) is 24.2 Å². The summed E-state index contributed by atoms with van der Waals surface area (Å²) in [6.07, 6.45) is 6.69. The van der Waals surface area contributed by atoms with Crippen molar-refractivity contribution in [1.82, 2.24) is 4.98 Å². The van der Waals surface area contributed by atoms with E-state index in [-0.39, 0.29) is 6.61 Å². The summed E-state index contributed by atoms with van der Waals surface area (Å²) >= 11 is 0. The Morgan fingerprint density at radius 2 is 2.27 bits per heavy atom. The van der Waals surface area contributed by atoms with Gasteiger partial charge in [-0.1, -0.05) is 0 Å². The van der Waals surface area contributed by atoms with Crippen LogP contribution in [0.25, 0.3) is 0 Å². The van der Waals surface area contributed by atoms with Crippen molar-refractivity contribution >= 4 is 11.4 Å². The zero-order chi connectivity index (χ0) is 10.7. The van der Waals surface area contributed by atoms with Crippen LogP contribution in [0.4, 0.5) is 11.4 Å². The minimum Gasteiger partial charge on any atom is -0.397 e. The fourth-order valence-electron chi connectivity index (χ4n) is 1.77. The predicted octanol–water partition coefficient (Wildman–Crippen LogP) is 1.24. The summed E-state index contributed by atoms with van der Waals surface area (Å²) in [5.74, 6) is 0. The van der Waals surface area contributed by atoms with Gasteiger partial charge >= 0.3 is 0 Å². The first-order chi connectivity index (χ1) is 7.24. The average molecular weight is 207 g/mol. The zero-order valence-corrected chi connectivity index (χ0v) is 8.74. The maximum absolute atomic E-state index is 8.92. The van der Waals surface area contributed by atoms with Gasteiger partial charge in [0, 0.05) is 19.3 Å². The molecular formula is C11H17N3O. The molecule has 0 spiro atoms. The zero-order valence-electron chi connectivity index (χ0n) is 8.74. The SMILES string of the molecule is Nc1cncc(NCC2(CCO)CC2)c1. The third-order valence-corrected chi connectivity index (χ3v) is 3.03. The topological polar surface area (TPSA) is 71.2 Å². The third-order valence-electron chi connectivity index (χ3n) is 3.03. The average Bonchev–Trinajstić information content (AvgIpc) is 2.97. The van der Waals surface area contributed by atoms with E-state index in [1.54, 1.807) is 12.4 Å². The Kier molecular flexibility index (Phi) is 2.77. The molecule has 1 aliphatic rings. The molecular weight excluding hydrogens is 190 g/mol. The molecule has 0 unspecified atom stereocenters. The molecule has 0 saturated heterocycles. The van der Waals surface area contributed by atoms with E-state index in [9.17, 15) is 0 Å². The highest BCUT2D eigenvalue weighted by molar-refractivity contribution is 5.51. The quantitative estimate of drug-likeness (QED) is 0.679. The van der Waals surface area contributed by atoms with Gasteiger partial charge < -0.3 is 16.2 Å². The molecule has 4 N–H and O–H groups in total. The van der Waals surface area contributed by atoms with Crippen molar-refractivity contribution in [3.8, 4) is 0 Å². The molecule has 4 heteroatoms. The van der Waals surface area contributed by atoms with Gasteiger partial charge in [-0.05, 0) is 30.7 Å². The summed E-state index contributed by atoms with van der Waals surface area (Å²) in [5.41, 5.74) is 7.58. The first-order valence-corrected chi connectivity index (χ1v) is 5.29. The Bertz CT molecular complexity index is 336. The summed E-state index contributed by atoms with van der Waals surface area (Å²) in [4.78, 5) is 4.01. The fourth-order valence-corrected chi connectivity index (χ4v) is 1.77. The molecule has 1 aromatic rings. The van der Waals surface area contributed by atoms with Gasteiger partial charge in [-0.2, -0.15) is 0 Å². The third kappa shape index (κ3) is 2.59. The number of nitrogens with one attached hydrogen (secondary N) is 1. The highest BCUT2D eigenvalue weighted by Crippen LogP contribution is 2.48. The molecule has 1 heterocycles. The normalized spacial score (nSPS) is 17.4. The second-order valence-electron chi connectivity index (χ2n) is 4.33. The minimum atomic E-state index is 0.275. The Morgan fingerprint density at radius 1 is 1.47 bits per heavy atom. The summed E-state index contributed by atoms with van der Waals surface area (Å²) in [5, 5.41) is 12.2. The molecule has 1 saturated carbocycles. The molecule has 0 bridgehead atoms. The molecule has 15 heavy (non-hydrogen) atoms. The molecule has 4 nitrogen and oxygen atoms in total. The molecule has 0 aromatic carbocycles. The van der Waals surface area contributed by atoms with Crippen LogP contribution in [0, 0.1) is 5.41 Å². The van der Waals surface area contributed by atoms with E-state index < -0.39 is 0 Å². The van der Waals surface area contributed by atoms with Gasteiger partial charge in [0.15, 0.2) is 0 Å². The molecule has 2 rings (SSSR count). The Balaban J connectivity index is 1.88. The maximum Gasteiger partial charge on any atom is 0.0547 e. The van der Waals surface area contributed by atoms with E-state index in [4.69, 9.17) is 10.8 Å². The number of hydrogen-bond acceptors (Lipinski definition) is 4. The van der Waals surface area contributed by atoms with E-state index in [1.807, 2.05) is 6.07 Å². The van der Waals surface area contributed by atoms with Crippen molar-refractivity contribution in [3.63, 3.8) is 0 Å². The number of rotatable bonds is 5. The second kappa shape index (κ2) is 4.06. The first kappa shape index (κ1) is 10.2. The van der Waals surface area contributed by atoms with Crippen molar-refractivity contribution in [2.45, 2.75) is 19.3 Å². The van der Waals surface area contributed by atoms with Gasteiger partial charge in [-0.3, -0.25) is 4.98 Å². The molecule has 0 radical (unpaired) electrons. The lowest BCUT2D eigenvalue weighted by Gasteiger charge is -2.15. The van der Waals surface area contributed by atoms with E-state index in [0.29, 0.717) is 11.1 Å². The number of aromatic nitrogens is 1. The van der Waals surface area contributed by atoms with Crippen LogP contribution in [0.1, 0.15) is 19.3 Å². The predicted molar refractivity (Wildman–Crippen MR) is 60.5 cm³/mol. The van der Waals surface area contributed by atoms with E-state index >= 15 is 0 Å². The number of hydrogen-bond donors (Lipinski definition) is 3. The summed E-state index contributed by atoms with van der Waals surface area (Å²) in [6, 6.07) is 1.88. The lowest BCUT2D eigenvalue weighted by Crippen LogP contribution is -2.16. The van der Waals surface area contributed by atoms with E-state index in [0.717, 1.165) is 18.7 Å². The standard InChI is InChI=1S/C11H17N3O/c12-9-5-10(7-13-6-9)14-8-11(1-2-11)3-4-15/h5-7,14-15H,1-4,8,12H2. The molecule has 0 aliphatic heterocycles. The number of anilines is 2. The van der Waals surface area contributed by atoms with Gasteiger partial charge in [0.1, 0.15) is 0 Å². The van der Waals surface area contributed by atoms with Gasteiger partial charge in [0.25, 0.3) is 0 Å². The molecule has 82 valence electrons. The summed E-state index contributed by atoms with van der Waals surface area (Å²) < 4.78 is 0. The van der Waals surface area contributed by atoms with Crippen molar-refractivity contribution < 1.29 is 5.11 Å². The maximum atomic E-state index is 8.92. The summed E-state index contributed by atoms with van der Waals surface area (Å²) in [6.45, 7) is 1.18. The van der Waals surface area contributed by atoms with E-state index in [1.165, 1.54) is 12.8 Å². The number of nitrogen functional groups attached to an aromatic ring is 1.